The molecule has 1 fully saturated rings. The van der Waals surface area contributed by atoms with Crippen molar-refractivity contribution in [1.29, 1.82) is 0 Å². The summed E-state index contributed by atoms with van der Waals surface area (Å²) in [6, 6.07) is 2.90. The lowest BCUT2D eigenvalue weighted by atomic mass is 10.2. The van der Waals surface area contributed by atoms with E-state index < -0.39 is 23.9 Å². The molecule has 1 aromatic rings. The fourth-order valence-electron chi connectivity index (χ4n) is 4.57. The zero-order valence-electron chi connectivity index (χ0n) is 23.8. The predicted octanol–water partition coefficient (Wildman–Crippen LogP) is 0.0325. The van der Waals surface area contributed by atoms with E-state index in [4.69, 9.17) is 4.74 Å². The van der Waals surface area contributed by atoms with Crippen LogP contribution in [0.5, 0.6) is 0 Å². The summed E-state index contributed by atoms with van der Waals surface area (Å²) >= 11 is 0. The van der Waals surface area contributed by atoms with E-state index in [1.54, 1.807) is 14.7 Å². The van der Waals surface area contributed by atoms with Gasteiger partial charge in [0.15, 0.2) is 6.20 Å². The third-order valence-corrected chi connectivity index (χ3v) is 6.85. The molecule has 2 heterocycles. The zero-order chi connectivity index (χ0) is 30.2. The zero-order valence-corrected chi connectivity index (χ0v) is 23.8. The molecule has 2 rings (SSSR count). The lowest BCUT2D eigenvalue weighted by molar-refractivity contribution is -0.615. The lowest BCUT2D eigenvalue weighted by Crippen LogP contribution is -2.49. The fourth-order valence-corrected chi connectivity index (χ4v) is 4.57. The highest BCUT2D eigenvalue weighted by atomic mass is 16.5. The summed E-state index contributed by atoms with van der Waals surface area (Å²) in [7, 11) is 0. The van der Waals surface area contributed by atoms with Gasteiger partial charge < -0.3 is 25.3 Å². The molecule has 0 aromatic carbocycles. The first-order valence-electron chi connectivity index (χ1n) is 14.0. The fraction of sp³-hybridized carbons (Fsp3) is 0.667. The van der Waals surface area contributed by atoms with Crippen molar-refractivity contribution in [3.63, 3.8) is 0 Å². The maximum Gasteiger partial charge on any atom is 0.338 e. The Balaban J connectivity index is 2.19. The van der Waals surface area contributed by atoms with E-state index in [0.29, 0.717) is 69.4 Å². The second-order valence-electron chi connectivity index (χ2n) is 10.2. The van der Waals surface area contributed by atoms with Gasteiger partial charge in [-0.3, -0.25) is 34.0 Å². The van der Waals surface area contributed by atoms with Gasteiger partial charge in [-0.05, 0) is 6.42 Å². The van der Waals surface area contributed by atoms with Crippen LogP contribution in [0.1, 0.15) is 48.7 Å². The second-order valence-corrected chi connectivity index (χ2v) is 10.2. The van der Waals surface area contributed by atoms with Crippen LogP contribution in [0.3, 0.4) is 0 Å². The number of aromatic nitrogens is 1. The van der Waals surface area contributed by atoms with Gasteiger partial charge in [0.05, 0.1) is 38.3 Å². The first kappa shape index (κ1) is 33.9. The number of hydrogen-bond acceptors (Lipinski definition) is 10. The summed E-state index contributed by atoms with van der Waals surface area (Å²) in [6.07, 6.45) is 5.12. The highest BCUT2D eigenvalue weighted by Crippen LogP contribution is 2.09. The van der Waals surface area contributed by atoms with Gasteiger partial charge in [-0.2, -0.15) is 4.73 Å². The number of aliphatic carboxylic acids is 3. The standard InChI is InChI=1S/C27H43N5O9/c1-2-3-4-5-16-41-27(39)22-6-7-32(40)23(17-22)18-28-8-10-29(19-24(33)34)12-14-31(21-26(37)38)15-13-30(11-9-28)20-25(35)36/h6-7,17H,2-5,8-16,18-21H2,1H3,(H,33,34)(H,35,36)(H,37,38). The van der Waals surface area contributed by atoms with Gasteiger partial charge in [0.2, 0.25) is 5.69 Å². The van der Waals surface area contributed by atoms with Crippen molar-refractivity contribution in [3.8, 4) is 0 Å². The number of rotatable bonds is 14. The summed E-state index contributed by atoms with van der Waals surface area (Å²) in [4.78, 5) is 53.9. The summed E-state index contributed by atoms with van der Waals surface area (Å²) in [5.41, 5.74) is 0.565. The minimum absolute atomic E-state index is 0.147. The van der Waals surface area contributed by atoms with Crippen molar-refractivity contribution in [1.82, 2.24) is 19.6 Å². The molecule has 0 spiro atoms. The predicted molar refractivity (Wildman–Crippen MR) is 147 cm³/mol. The van der Waals surface area contributed by atoms with E-state index >= 15 is 0 Å². The second kappa shape index (κ2) is 18.2. The Morgan fingerprint density at radius 3 is 1.68 bits per heavy atom. The SMILES string of the molecule is CCCCCCOC(=O)c1cc[n+]([O-])c(CN2CCN(CC(=O)O)CCN(CC(=O)O)CCN(CC(=O)O)CC2)c1. The molecule has 0 bridgehead atoms. The number of esters is 1. The van der Waals surface area contributed by atoms with Crippen LogP contribution < -0.4 is 4.73 Å². The Kier molecular flexibility index (Phi) is 15.0. The maximum atomic E-state index is 12.6. The molecule has 230 valence electrons. The molecule has 14 heteroatoms. The van der Waals surface area contributed by atoms with E-state index in [1.165, 1.54) is 18.3 Å². The number of ether oxygens (including phenoxy) is 1. The van der Waals surface area contributed by atoms with Crippen LogP contribution >= 0.6 is 0 Å². The Labute approximate surface area is 240 Å². The minimum atomic E-state index is -1.02. The van der Waals surface area contributed by atoms with Gasteiger partial charge >= 0.3 is 23.9 Å². The average molecular weight is 582 g/mol. The molecular formula is C27H43N5O9. The number of carboxylic acids is 3. The van der Waals surface area contributed by atoms with Crippen molar-refractivity contribution in [3.05, 3.63) is 34.8 Å². The molecule has 1 aliphatic heterocycles. The summed E-state index contributed by atoms with van der Waals surface area (Å²) in [6.45, 7) is 4.39. The normalized spacial score (nSPS) is 16.9. The number of carbonyl (C=O) groups is 4. The first-order chi connectivity index (χ1) is 19.6. The molecule has 0 amide bonds. The van der Waals surface area contributed by atoms with Crippen LogP contribution in [-0.2, 0) is 25.7 Å². The van der Waals surface area contributed by atoms with Crippen LogP contribution in [0.15, 0.2) is 18.3 Å². The molecule has 41 heavy (non-hydrogen) atoms. The highest BCUT2D eigenvalue weighted by Gasteiger charge is 2.22. The lowest BCUT2D eigenvalue weighted by Gasteiger charge is -2.32. The quantitative estimate of drug-likeness (QED) is 0.116. The number of hydrogen-bond donors (Lipinski definition) is 3. The number of pyridine rings is 1. The number of carbonyl (C=O) groups excluding carboxylic acids is 1. The minimum Gasteiger partial charge on any atom is -0.618 e. The van der Waals surface area contributed by atoms with Gasteiger partial charge in [0.25, 0.3) is 0 Å². The summed E-state index contributed by atoms with van der Waals surface area (Å²) < 4.78 is 6.03. The van der Waals surface area contributed by atoms with Gasteiger partial charge in [-0.1, -0.05) is 26.2 Å². The molecule has 1 saturated heterocycles. The number of carboxylic acid groups (broad SMARTS) is 3. The van der Waals surface area contributed by atoms with Crippen LogP contribution in [0.4, 0.5) is 0 Å². The van der Waals surface area contributed by atoms with Crippen LogP contribution in [0, 0.1) is 5.21 Å². The van der Waals surface area contributed by atoms with Gasteiger partial charge in [-0.15, -0.1) is 0 Å². The first-order valence-corrected chi connectivity index (χ1v) is 14.0. The Hall–Kier alpha value is -3.33. The van der Waals surface area contributed by atoms with Crippen molar-refractivity contribution in [2.24, 2.45) is 0 Å². The topological polar surface area (TPSA) is 178 Å². The van der Waals surface area contributed by atoms with Gasteiger partial charge in [-0.25, -0.2) is 4.79 Å². The molecule has 0 unspecified atom stereocenters. The molecule has 1 aromatic heterocycles. The van der Waals surface area contributed by atoms with Crippen molar-refractivity contribution in [2.45, 2.75) is 39.2 Å². The molecule has 0 atom stereocenters. The highest BCUT2D eigenvalue weighted by molar-refractivity contribution is 5.89. The van der Waals surface area contributed by atoms with E-state index in [2.05, 4.69) is 6.92 Å². The van der Waals surface area contributed by atoms with Crippen molar-refractivity contribution >= 4 is 23.9 Å². The van der Waals surface area contributed by atoms with Crippen LogP contribution in [-0.4, -0.2) is 137 Å². The largest absolute Gasteiger partial charge is 0.618 e. The molecular weight excluding hydrogens is 538 g/mol. The molecule has 14 nitrogen and oxygen atoms in total. The third-order valence-electron chi connectivity index (χ3n) is 6.85. The molecule has 3 N–H and O–H groups in total. The molecule has 0 aliphatic carbocycles. The Bertz CT molecular complexity index is 977. The Morgan fingerprint density at radius 1 is 0.780 bits per heavy atom. The van der Waals surface area contributed by atoms with Gasteiger partial charge in [0, 0.05) is 64.5 Å². The number of nitrogens with zero attached hydrogens (tertiary/aromatic N) is 5. The van der Waals surface area contributed by atoms with Crippen molar-refractivity contribution in [2.75, 3.05) is 78.6 Å². The van der Waals surface area contributed by atoms with Crippen LogP contribution in [0.25, 0.3) is 0 Å². The van der Waals surface area contributed by atoms with E-state index in [1.807, 2.05) is 4.90 Å². The maximum absolute atomic E-state index is 12.6. The molecule has 0 radical (unpaired) electrons. The summed E-state index contributed by atoms with van der Waals surface area (Å²) in [5.74, 6) is -3.56. The average Bonchev–Trinajstić information content (AvgIpc) is 2.90. The van der Waals surface area contributed by atoms with Crippen molar-refractivity contribution < 1.29 is 44.0 Å². The van der Waals surface area contributed by atoms with Gasteiger partial charge in [0.1, 0.15) is 0 Å². The van der Waals surface area contributed by atoms with E-state index in [0.717, 1.165) is 25.7 Å². The monoisotopic (exact) mass is 581 g/mol. The van der Waals surface area contributed by atoms with E-state index in [-0.39, 0.29) is 31.7 Å². The molecule has 1 aliphatic rings. The van der Waals surface area contributed by atoms with E-state index in [9.17, 15) is 39.7 Å². The smallest absolute Gasteiger partial charge is 0.338 e. The number of unbranched alkanes of at least 4 members (excludes halogenated alkanes) is 3. The Morgan fingerprint density at radius 2 is 1.24 bits per heavy atom. The molecule has 0 saturated carbocycles. The summed E-state index contributed by atoms with van der Waals surface area (Å²) in [5, 5.41) is 40.7. The third kappa shape index (κ3) is 13.7. The van der Waals surface area contributed by atoms with Crippen LogP contribution in [0.2, 0.25) is 0 Å².